The van der Waals surface area contributed by atoms with Crippen LogP contribution in [0.15, 0.2) is 18.2 Å². The van der Waals surface area contributed by atoms with Crippen LogP contribution in [0.25, 0.3) is 0 Å². The van der Waals surface area contributed by atoms with Gasteiger partial charge in [-0.1, -0.05) is 6.92 Å². The number of piperidine rings is 1. The van der Waals surface area contributed by atoms with Crippen molar-refractivity contribution in [2.45, 2.75) is 19.4 Å². The second-order valence-electron chi connectivity index (χ2n) is 5.01. The fourth-order valence-corrected chi connectivity index (χ4v) is 2.17. The Balaban J connectivity index is 0.00000220. The molecule has 1 amide bonds. The fraction of sp³-hybridized carbons (Fsp3) is 0.500. The van der Waals surface area contributed by atoms with Gasteiger partial charge in [0.25, 0.3) is 5.91 Å². The molecule has 2 rings (SSSR count). The van der Waals surface area contributed by atoms with Crippen molar-refractivity contribution in [3.05, 3.63) is 29.8 Å². The summed E-state index contributed by atoms with van der Waals surface area (Å²) in [5, 5.41) is 6.05. The molecule has 1 aliphatic rings. The van der Waals surface area contributed by atoms with E-state index in [4.69, 9.17) is 4.74 Å². The van der Waals surface area contributed by atoms with E-state index in [0.29, 0.717) is 5.92 Å². The molecular weight excluding hydrogens is 302 g/mol. The van der Waals surface area contributed by atoms with Gasteiger partial charge >= 0.3 is 0 Å². The zero-order valence-electron chi connectivity index (χ0n) is 11.7. The van der Waals surface area contributed by atoms with Crippen molar-refractivity contribution < 1.29 is 18.3 Å². The average molecular weight is 321 g/mol. The summed E-state index contributed by atoms with van der Waals surface area (Å²) in [4.78, 5) is 11.7. The van der Waals surface area contributed by atoms with Crippen LogP contribution in [-0.4, -0.2) is 31.6 Å². The molecule has 1 saturated heterocycles. The van der Waals surface area contributed by atoms with Gasteiger partial charge in [0.2, 0.25) is 0 Å². The van der Waals surface area contributed by atoms with Gasteiger partial charge in [-0.15, -0.1) is 12.4 Å². The Kier molecular flexibility index (Phi) is 6.84. The van der Waals surface area contributed by atoms with Gasteiger partial charge in [-0.3, -0.25) is 4.79 Å². The summed E-state index contributed by atoms with van der Waals surface area (Å²) in [6.07, 6.45) is 0.998. The van der Waals surface area contributed by atoms with Gasteiger partial charge in [-0.25, -0.2) is 8.78 Å². The Morgan fingerprint density at radius 2 is 2.24 bits per heavy atom. The molecule has 21 heavy (non-hydrogen) atoms. The smallest absolute Gasteiger partial charge is 0.258 e. The highest BCUT2D eigenvalue weighted by molar-refractivity contribution is 5.85. The van der Waals surface area contributed by atoms with Gasteiger partial charge in [0.05, 0.1) is 0 Å². The number of carbonyl (C=O) groups is 1. The van der Waals surface area contributed by atoms with Crippen molar-refractivity contribution in [2.24, 2.45) is 5.92 Å². The number of hydrogen-bond acceptors (Lipinski definition) is 3. The highest BCUT2D eigenvalue weighted by atomic mass is 35.5. The molecule has 1 heterocycles. The Bertz CT molecular complexity index is 488. The molecule has 0 spiro atoms. The van der Waals surface area contributed by atoms with Crippen LogP contribution in [0.3, 0.4) is 0 Å². The topological polar surface area (TPSA) is 50.4 Å². The Morgan fingerprint density at radius 3 is 2.90 bits per heavy atom. The molecule has 1 aromatic rings. The highest BCUT2D eigenvalue weighted by Crippen LogP contribution is 2.17. The minimum absolute atomic E-state index is 0. The lowest BCUT2D eigenvalue weighted by molar-refractivity contribution is -0.124. The zero-order valence-corrected chi connectivity index (χ0v) is 12.5. The van der Waals surface area contributed by atoms with Crippen LogP contribution in [0.5, 0.6) is 5.75 Å². The predicted octanol–water partition coefficient (Wildman–Crippen LogP) is 1.88. The minimum atomic E-state index is -0.814. The van der Waals surface area contributed by atoms with E-state index in [0.717, 1.165) is 31.6 Å². The van der Waals surface area contributed by atoms with Crippen molar-refractivity contribution in [2.75, 3.05) is 19.7 Å². The number of rotatable bonds is 4. The highest BCUT2D eigenvalue weighted by Gasteiger charge is 2.22. The van der Waals surface area contributed by atoms with E-state index in [1.54, 1.807) is 0 Å². The van der Waals surface area contributed by atoms with Gasteiger partial charge in [-0.2, -0.15) is 0 Å². The summed E-state index contributed by atoms with van der Waals surface area (Å²) >= 11 is 0. The second-order valence-corrected chi connectivity index (χ2v) is 5.01. The zero-order chi connectivity index (χ0) is 14.5. The predicted molar refractivity (Wildman–Crippen MR) is 77.7 cm³/mol. The first-order valence-corrected chi connectivity index (χ1v) is 6.64. The average Bonchev–Trinajstić information content (AvgIpc) is 2.40. The molecule has 7 heteroatoms. The normalized spacial score (nSPS) is 21.3. The summed E-state index contributed by atoms with van der Waals surface area (Å²) in [5.74, 6) is -1.54. The van der Waals surface area contributed by atoms with Crippen LogP contribution in [0, 0.1) is 17.6 Å². The molecule has 1 aliphatic heterocycles. The van der Waals surface area contributed by atoms with E-state index in [1.165, 1.54) is 6.07 Å². The molecule has 2 N–H and O–H groups in total. The number of benzene rings is 1. The van der Waals surface area contributed by atoms with Crippen molar-refractivity contribution >= 4 is 18.3 Å². The van der Waals surface area contributed by atoms with Crippen LogP contribution in [0.2, 0.25) is 0 Å². The molecule has 4 nitrogen and oxygen atoms in total. The first-order valence-electron chi connectivity index (χ1n) is 6.64. The van der Waals surface area contributed by atoms with E-state index in [1.807, 2.05) is 0 Å². The largest absolute Gasteiger partial charge is 0.481 e. The number of nitrogens with one attached hydrogen (secondary N) is 2. The lowest BCUT2D eigenvalue weighted by atomic mass is 9.95. The summed E-state index contributed by atoms with van der Waals surface area (Å²) in [6, 6.07) is 3.03. The maximum atomic E-state index is 13.3. The van der Waals surface area contributed by atoms with Gasteiger partial charge in [0.15, 0.2) is 18.2 Å². The first kappa shape index (κ1) is 17.7. The number of amides is 1. The van der Waals surface area contributed by atoms with Gasteiger partial charge in [0.1, 0.15) is 5.82 Å². The van der Waals surface area contributed by atoms with E-state index >= 15 is 0 Å². The molecule has 1 aromatic carbocycles. The van der Waals surface area contributed by atoms with Crippen molar-refractivity contribution in [1.29, 1.82) is 0 Å². The molecule has 0 aliphatic carbocycles. The fourth-order valence-electron chi connectivity index (χ4n) is 2.17. The minimum Gasteiger partial charge on any atom is -0.481 e. The van der Waals surface area contributed by atoms with Crippen LogP contribution < -0.4 is 15.4 Å². The lowest BCUT2D eigenvalue weighted by Crippen LogP contribution is -2.51. The van der Waals surface area contributed by atoms with Crippen molar-refractivity contribution in [1.82, 2.24) is 10.6 Å². The standard InChI is InChI=1S/C14H18F2N2O2.ClH/c1-9-4-5-17-7-12(9)18-14(19)8-20-13-3-2-10(15)6-11(13)16;/h2-3,6,9,12,17H,4-5,7-8H2,1H3,(H,18,19);1H. The van der Waals surface area contributed by atoms with Crippen LogP contribution >= 0.6 is 12.4 Å². The van der Waals surface area contributed by atoms with Crippen LogP contribution in [0.1, 0.15) is 13.3 Å². The molecule has 0 aromatic heterocycles. The third-order valence-electron chi connectivity index (χ3n) is 3.43. The van der Waals surface area contributed by atoms with Crippen LogP contribution in [0.4, 0.5) is 8.78 Å². The van der Waals surface area contributed by atoms with Crippen molar-refractivity contribution in [3.63, 3.8) is 0 Å². The Labute approximate surface area is 128 Å². The lowest BCUT2D eigenvalue weighted by Gasteiger charge is -2.30. The monoisotopic (exact) mass is 320 g/mol. The molecule has 0 saturated carbocycles. The quantitative estimate of drug-likeness (QED) is 0.890. The Morgan fingerprint density at radius 1 is 1.48 bits per heavy atom. The third-order valence-corrected chi connectivity index (χ3v) is 3.43. The van der Waals surface area contributed by atoms with Crippen molar-refractivity contribution in [3.8, 4) is 5.75 Å². The van der Waals surface area contributed by atoms with E-state index in [9.17, 15) is 13.6 Å². The van der Waals surface area contributed by atoms with Crippen LogP contribution in [-0.2, 0) is 4.79 Å². The SMILES string of the molecule is CC1CCNCC1NC(=O)COc1ccc(F)cc1F.Cl. The molecule has 0 radical (unpaired) electrons. The maximum absolute atomic E-state index is 13.3. The van der Waals surface area contributed by atoms with Gasteiger partial charge in [-0.05, 0) is 31.0 Å². The second kappa shape index (κ2) is 8.14. The number of halogens is 3. The van der Waals surface area contributed by atoms with Gasteiger partial charge < -0.3 is 15.4 Å². The summed E-state index contributed by atoms with van der Waals surface area (Å²) in [6.45, 7) is 3.46. The summed E-state index contributed by atoms with van der Waals surface area (Å²) in [5.41, 5.74) is 0. The number of carbonyl (C=O) groups excluding carboxylic acids is 1. The molecule has 2 atom stereocenters. The molecule has 2 unspecified atom stereocenters. The first-order chi connectivity index (χ1) is 9.56. The van der Waals surface area contributed by atoms with E-state index in [2.05, 4.69) is 17.6 Å². The summed E-state index contributed by atoms with van der Waals surface area (Å²) in [7, 11) is 0. The maximum Gasteiger partial charge on any atom is 0.258 e. The molecular formula is C14H19ClF2N2O2. The Hall–Kier alpha value is -1.40. The number of hydrogen-bond donors (Lipinski definition) is 2. The molecule has 0 bridgehead atoms. The van der Waals surface area contributed by atoms with E-state index in [-0.39, 0.29) is 36.7 Å². The third kappa shape index (κ3) is 5.13. The number of ether oxygens (including phenoxy) is 1. The summed E-state index contributed by atoms with van der Waals surface area (Å²) < 4.78 is 31.1. The van der Waals surface area contributed by atoms with Gasteiger partial charge in [0, 0.05) is 18.7 Å². The van der Waals surface area contributed by atoms with E-state index < -0.39 is 11.6 Å². The molecule has 1 fully saturated rings. The molecule has 118 valence electrons.